The summed E-state index contributed by atoms with van der Waals surface area (Å²) in [6, 6.07) is 6.90. The number of nitrogens with zero attached hydrogens (tertiary/aromatic N) is 2. The van der Waals surface area contributed by atoms with Crippen molar-refractivity contribution in [1.82, 2.24) is 4.98 Å². The number of carboxylic acid groups (broad SMARTS) is 1. The molecule has 1 aromatic heterocycles. The third-order valence-corrected chi connectivity index (χ3v) is 6.67. The van der Waals surface area contributed by atoms with Crippen LogP contribution in [-0.2, 0) is 16.1 Å². The minimum Gasteiger partial charge on any atom is -0.481 e. The van der Waals surface area contributed by atoms with Crippen LogP contribution in [0.25, 0.3) is 10.2 Å². The molecule has 0 aliphatic carbocycles. The number of ether oxygens (including phenoxy) is 1. The molecule has 0 radical (unpaired) electrons. The first-order valence-electron chi connectivity index (χ1n) is 8.48. The van der Waals surface area contributed by atoms with E-state index in [1.165, 1.54) is 22.3 Å². The first kappa shape index (κ1) is 20.2. The van der Waals surface area contributed by atoms with E-state index in [0.717, 1.165) is 5.56 Å². The van der Waals surface area contributed by atoms with Gasteiger partial charge in [-0.05, 0) is 30.7 Å². The lowest BCUT2D eigenvalue weighted by molar-refractivity contribution is -0.142. The molecule has 10 heteroatoms. The molecule has 0 bridgehead atoms. The minimum absolute atomic E-state index is 0.123. The lowest BCUT2D eigenvalue weighted by Crippen LogP contribution is -2.46. The predicted molar refractivity (Wildman–Crippen MR) is 114 cm³/mol. The SMILES string of the molecule is Cc1ccc2c(c1)N(Cc1nc3c(Cl)cc(Cl)c(Cl)c3s1)C(=O)C(CC(=O)O)O2. The minimum atomic E-state index is -1.12. The molecule has 2 aromatic carbocycles. The number of aryl methyl sites for hydroxylation is 1. The van der Waals surface area contributed by atoms with E-state index in [4.69, 9.17) is 44.6 Å². The van der Waals surface area contributed by atoms with Crippen LogP contribution >= 0.6 is 46.1 Å². The Kier molecular flexibility index (Phi) is 5.33. The van der Waals surface area contributed by atoms with Crippen LogP contribution in [0.15, 0.2) is 24.3 Å². The molecule has 0 fully saturated rings. The Bertz CT molecular complexity index is 1160. The zero-order valence-electron chi connectivity index (χ0n) is 14.9. The molecule has 2 heterocycles. The van der Waals surface area contributed by atoms with E-state index >= 15 is 0 Å². The molecule has 1 unspecified atom stereocenters. The molecule has 0 saturated carbocycles. The van der Waals surface area contributed by atoms with Crippen LogP contribution in [0, 0.1) is 6.92 Å². The number of amides is 1. The molecule has 1 aliphatic rings. The van der Waals surface area contributed by atoms with Crippen LogP contribution in [0.4, 0.5) is 5.69 Å². The number of hydrogen-bond donors (Lipinski definition) is 1. The molecule has 0 saturated heterocycles. The van der Waals surface area contributed by atoms with Crippen molar-refractivity contribution >= 4 is 73.9 Å². The number of anilines is 1. The summed E-state index contributed by atoms with van der Waals surface area (Å²) in [5.74, 6) is -1.12. The molecule has 3 aromatic rings. The number of thiazole rings is 1. The highest BCUT2D eigenvalue weighted by atomic mass is 35.5. The van der Waals surface area contributed by atoms with Gasteiger partial charge in [-0.1, -0.05) is 40.9 Å². The summed E-state index contributed by atoms with van der Waals surface area (Å²) in [4.78, 5) is 30.2. The van der Waals surface area contributed by atoms with Crippen molar-refractivity contribution in [2.75, 3.05) is 4.90 Å². The van der Waals surface area contributed by atoms with E-state index < -0.39 is 24.4 Å². The maximum absolute atomic E-state index is 13.0. The van der Waals surface area contributed by atoms with Gasteiger partial charge in [-0.3, -0.25) is 14.5 Å². The van der Waals surface area contributed by atoms with Crippen LogP contribution in [0.1, 0.15) is 17.0 Å². The highest BCUT2D eigenvalue weighted by Gasteiger charge is 2.36. The maximum Gasteiger partial charge on any atom is 0.307 e. The average molecular weight is 472 g/mol. The quantitative estimate of drug-likeness (QED) is 0.520. The van der Waals surface area contributed by atoms with Crippen molar-refractivity contribution in [3.8, 4) is 5.75 Å². The number of aromatic nitrogens is 1. The number of carboxylic acids is 1. The van der Waals surface area contributed by atoms with E-state index in [1.807, 2.05) is 19.1 Å². The van der Waals surface area contributed by atoms with E-state index in [2.05, 4.69) is 4.98 Å². The van der Waals surface area contributed by atoms with Crippen LogP contribution in [0.5, 0.6) is 5.75 Å². The van der Waals surface area contributed by atoms with Crippen molar-refractivity contribution in [3.05, 3.63) is 49.9 Å². The number of carbonyl (C=O) groups is 2. The average Bonchev–Trinajstić information content (AvgIpc) is 3.08. The summed E-state index contributed by atoms with van der Waals surface area (Å²) >= 11 is 19.9. The highest BCUT2D eigenvalue weighted by Crippen LogP contribution is 2.41. The van der Waals surface area contributed by atoms with Gasteiger partial charge < -0.3 is 9.84 Å². The molecule has 150 valence electrons. The van der Waals surface area contributed by atoms with Crippen molar-refractivity contribution in [3.63, 3.8) is 0 Å². The second-order valence-electron chi connectivity index (χ2n) is 6.54. The van der Waals surface area contributed by atoms with Gasteiger partial charge in [0.15, 0.2) is 6.10 Å². The molecule has 1 amide bonds. The van der Waals surface area contributed by atoms with Crippen molar-refractivity contribution in [2.24, 2.45) is 0 Å². The van der Waals surface area contributed by atoms with Gasteiger partial charge in [0.25, 0.3) is 5.91 Å². The third kappa shape index (κ3) is 3.75. The smallest absolute Gasteiger partial charge is 0.307 e. The Hall–Kier alpha value is -2.06. The highest BCUT2D eigenvalue weighted by molar-refractivity contribution is 7.19. The van der Waals surface area contributed by atoms with E-state index in [-0.39, 0.29) is 6.54 Å². The predicted octanol–water partition coefficient (Wildman–Crippen LogP) is 5.33. The largest absolute Gasteiger partial charge is 0.481 e. The zero-order valence-corrected chi connectivity index (χ0v) is 18.0. The first-order valence-corrected chi connectivity index (χ1v) is 10.4. The number of fused-ring (bicyclic) bond motifs is 2. The summed E-state index contributed by atoms with van der Waals surface area (Å²) in [6.45, 7) is 2.02. The monoisotopic (exact) mass is 470 g/mol. The number of carbonyl (C=O) groups excluding carboxylic acids is 1. The van der Waals surface area contributed by atoms with Gasteiger partial charge in [-0.15, -0.1) is 11.3 Å². The molecule has 1 atom stereocenters. The fourth-order valence-corrected chi connectivity index (χ4v) is 5.01. The zero-order chi connectivity index (χ0) is 20.9. The van der Waals surface area contributed by atoms with Gasteiger partial charge in [0.2, 0.25) is 0 Å². The van der Waals surface area contributed by atoms with Crippen molar-refractivity contribution in [2.45, 2.75) is 26.0 Å². The standard InChI is InChI=1S/C19H13Cl3N2O4S/c1-8-2-3-12-11(4-8)24(19(27)13(28-12)6-15(25)26)7-14-23-17-10(21)5-9(20)16(22)18(17)29-14/h2-5,13H,6-7H2,1H3,(H,25,26). The van der Waals surface area contributed by atoms with Crippen LogP contribution in [0.3, 0.4) is 0 Å². The summed E-state index contributed by atoms with van der Waals surface area (Å²) in [5, 5.41) is 10.8. The number of hydrogen-bond acceptors (Lipinski definition) is 5. The molecule has 1 aliphatic heterocycles. The number of aliphatic carboxylic acids is 1. The Morgan fingerprint density at radius 2 is 2.03 bits per heavy atom. The normalized spacial score (nSPS) is 16.1. The fourth-order valence-electron chi connectivity index (χ4n) is 3.11. The molecule has 4 rings (SSSR count). The molecule has 0 spiro atoms. The van der Waals surface area contributed by atoms with Gasteiger partial charge in [0, 0.05) is 0 Å². The van der Waals surface area contributed by atoms with Gasteiger partial charge in [-0.25, -0.2) is 4.98 Å². The summed E-state index contributed by atoms with van der Waals surface area (Å²) in [5.41, 5.74) is 2.00. The third-order valence-electron chi connectivity index (χ3n) is 4.43. The number of halogens is 3. The molecule has 6 nitrogen and oxygen atoms in total. The number of benzene rings is 2. The molecular formula is C19H13Cl3N2O4S. The maximum atomic E-state index is 13.0. The lowest BCUT2D eigenvalue weighted by Gasteiger charge is -2.33. The van der Waals surface area contributed by atoms with Crippen molar-refractivity contribution < 1.29 is 19.4 Å². The van der Waals surface area contributed by atoms with E-state index in [0.29, 0.717) is 41.7 Å². The lowest BCUT2D eigenvalue weighted by atomic mass is 10.1. The second kappa shape index (κ2) is 7.65. The topological polar surface area (TPSA) is 79.7 Å². The van der Waals surface area contributed by atoms with Gasteiger partial charge in [-0.2, -0.15) is 0 Å². The van der Waals surface area contributed by atoms with Gasteiger partial charge >= 0.3 is 5.97 Å². The summed E-state index contributed by atoms with van der Waals surface area (Å²) < 4.78 is 6.27. The Morgan fingerprint density at radius 1 is 1.28 bits per heavy atom. The molecular weight excluding hydrogens is 459 g/mol. The van der Waals surface area contributed by atoms with Crippen LogP contribution in [-0.4, -0.2) is 28.1 Å². The molecule has 29 heavy (non-hydrogen) atoms. The molecule has 1 N–H and O–H groups in total. The van der Waals surface area contributed by atoms with E-state index in [9.17, 15) is 9.59 Å². The second-order valence-corrected chi connectivity index (χ2v) is 8.82. The van der Waals surface area contributed by atoms with Gasteiger partial charge in [0.05, 0.1) is 38.4 Å². The van der Waals surface area contributed by atoms with E-state index in [1.54, 1.807) is 6.07 Å². The number of rotatable bonds is 4. The fraction of sp³-hybridized carbons (Fsp3) is 0.211. The summed E-state index contributed by atoms with van der Waals surface area (Å²) in [7, 11) is 0. The van der Waals surface area contributed by atoms with Crippen LogP contribution < -0.4 is 9.64 Å². The Labute approximate surface area is 184 Å². The summed E-state index contributed by atoms with van der Waals surface area (Å²) in [6.07, 6.45) is -1.55. The van der Waals surface area contributed by atoms with Crippen LogP contribution in [0.2, 0.25) is 15.1 Å². The Balaban J connectivity index is 1.77. The Morgan fingerprint density at radius 3 is 2.76 bits per heavy atom. The van der Waals surface area contributed by atoms with Crippen molar-refractivity contribution in [1.29, 1.82) is 0 Å². The van der Waals surface area contributed by atoms with Gasteiger partial charge in [0.1, 0.15) is 16.3 Å². The first-order chi connectivity index (χ1) is 13.7.